The Morgan fingerprint density at radius 2 is 2.25 bits per heavy atom. The second-order valence-corrected chi connectivity index (χ2v) is 3.11. The number of hydrogen-bond donors (Lipinski definition) is 2. The van der Waals surface area contributed by atoms with E-state index in [4.69, 9.17) is 0 Å². The largest absolute Gasteiger partial charge is 0.376 e. The van der Waals surface area contributed by atoms with Gasteiger partial charge in [0.15, 0.2) is 0 Å². The molecular weight excluding hydrogens is 210 g/mol. The first-order chi connectivity index (χ1) is 7.63. The Morgan fingerprint density at radius 1 is 1.50 bits per heavy atom. The number of anilines is 1. The number of rotatable bonds is 5. The van der Waals surface area contributed by atoms with Gasteiger partial charge in [0.2, 0.25) is 5.91 Å². The highest BCUT2D eigenvalue weighted by atomic mass is 16.6. The molecule has 0 aliphatic carbocycles. The molecule has 1 aromatic carbocycles. The van der Waals surface area contributed by atoms with E-state index in [2.05, 4.69) is 10.6 Å². The average molecular weight is 223 g/mol. The van der Waals surface area contributed by atoms with Crippen LogP contribution in [0.15, 0.2) is 24.3 Å². The topological polar surface area (TPSA) is 84.3 Å². The molecule has 16 heavy (non-hydrogen) atoms. The molecule has 0 bridgehead atoms. The summed E-state index contributed by atoms with van der Waals surface area (Å²) < 4.78 is 0. The van der Waals surface area contributed by atoms with Gasteiger partial charge >= 0.3 is 0 Å². The van der Waals surface area contributed by atoms with Gasteiger partial charge < -0.3 is 10.6 Å². The number of hydrogen-bond acceptors (Lipinski definition) is 4. The van der Waals surface area contributed by atoms with Crippen LogP contribution < -0.4 is 10.6 Å². The molecule has 0 atom stereocenters. The molecule has 0 aliphatic heterocycles. The molecule has 1 rings (SSSR count). The van der Waals surface area contributed by atoms with Crippen molar-refractivity contribution in [3.63, 3.8) is 0 Å². The Hall–Kier alpha value is -2.11. The van der Waals surface area contributed by atoms with Crippen molar-refractivity contribution in [2.24, 2.45) is 0 Å². The highest BCUT2D eigenvalue weighted by Crippen LogP contribution is 2.16. The molecular formula is C10H13N3O3. The number of non-ortho nitro benzene ring substituents is 1. The third-order valence-electron chi connectivity index (χ3n) is 1.88. The van der Waals surface area contributed by atoms with E-state index in [0.29, 0.717) is 12.2 Å². The summed E-state index contributed by atoms with van der Waals surface area (Å²) in [6.07, 6.45) is 0. The smallest absolute Gasteiger partial charge is 0.271 e. The van der Waals surface area contributed by atoms with Crippen LogP contribution in [0.4, 0.5) is 11.4 Å². The van der Waals surface area contributed by atoms with Crippen LogP contribution >= 0.6 is 0 Å². The maximum atomic E-state index is 11.1. The van der Waals surface area contributed by atoms with Gasteiger partial charge in [0.25, 0.3) is 5.69 Å². The predicted molar refractivity (Wildman–Crippen MR) is 60.3 cm³/mol. The molecule has 0 unspecified atom stereocenters. The van der Waals surface area contributed by atoms with Gasteiger partial charge in [-0.25, -0.2) is 0 Å². The van der Waals surface area contributed by atoms with E-state index >= 15 is 0 Å². The van der Waals surface area contributed by atoms with Crippen molar-refractivity contribution >= 4 is 17.3 Å². The fourth-order valence-corrected chi connectivity index (χ4v) is 1.17. The summed E-state index contributed by atoms with van der Waals surface area (Å²) in [5.41, 5.74) is 0.557. The fraction of sp³-hybridized carbons (Fsp3) is 0.300. The molecule has 6 heteroatoms. The normalized spacial score (nSPS) is 9.56. The van der Waals surface area contributed by atoms with E-state index in [1.165, 1.54) is 12.1 Å². The Bertz CT molecular complexity index is 393. The van der Waals surface area contributed by atoms with Gasteiger partial charge in [-0.1, -0.05) is 6.07 Å². The van der Waals surface area contributed by atoms with Crippen molar-refractivity contribution in [2.45, 2.75) is 6.92 Å². The summed E-state index contributed by atoms with van der Waals surface area (Å²) in [7, 11) is 0. The monoisotopic (exact) mass is 223 g/mol. The fourth-order valence-electron chi connectivity index (χ4n) is 1.17. The van der Waals surface area contributed by atoms with Crippen molar-refractivity contribution in [1.82, 2.24) is 5.32 Å². The van der Waals surface area contributed by atoms with Gasteiger partial charge in [-0.3, -0.25) is 14.9 Å². The van der Waals surface area contributed by atoms with Crippen molar-refractivity contribution in [3.05, 3.63) is 34.4 Å². The lowest BCUT2D eigenvalue weighted by Gasteiger charge is -2.05. The van der Waals surface area contributed by atoms with Crippen molar-refractivity contribution in [1.29, 1.82) is 0 Å². The summed E-state index contributed by atoms with van der Waals surface area (Å²) in [4.78, 5) is 21.1. The molecule has 0 aliphatic rings. The summed E-state index contributed by atoms with van der Waals surface area (Å²) in [6.45, 7) is 2.50. The van der Waals surface area contributed by atoms with E-state index in [9.17, 15) is 14.9 Å². The van der Waals surface area contributed by atoms with Gasteiger partial charge in [-0.15, -0.1) is 0 Å². The van der Waals surface area contributed by atoms with Crippen LogP contribution in [0.25, 0.3) is 0 Å². The lowest BCUT2D eigenvalue weighted by Crippen LogP contribution is -2.29. The quantitative estimate of drug-likeness (QED) is 0.579. The zero-order chi connectivity index (χ0) is 12.0. The number of likely N-dealkylation sites (N-methyl/N-ethyl adjacent to an activating group) is 1. The minimum Gasteiger partial charge on any atom is -0.376 e. The molecule has 0 saturated heterocycles. The summed E-state index contributed by atoms with van der Waals surface area (Å²) in [5.74, 6) is -0.144. The number of nitrogens with one attached hydrogen (secondary N) is 2. The zero-order valence-corrected chi connectivity index (χ0v) is 8.90. The van der Waals surface area contributed by atoms with Crippen LogP contribution in [0, 0.1) is 10.1 Å². The summed E-state index contributed by atoms with van der Waals surface area (Å²) in [5, 5.41) is 15.9. The van der Waals surface area contributed by atoms with Crippen molar-refractivity contribution < 1.29 is 9.72 Å². The van der Waals surface area contributed by atoms with Gasteiger partial charge in [-0.2, -0.15) is 0 Å². The SMILES string of the molecule is CCNC(=O)CNc1cccc([N+](=O)[O-])c1. The maximum Gasteiger partial charge on any atom is 0.271 e. The van der Waals surface area contributed by atoms with Gasteiger partial charge in [-0.05, 0) is 13.0 Å². The summed E-state index contributed by atoms with van der Waals surface area (Å²) in [6, 6.07) is 6.03. The zero-order valence-electron chi connectivity index (χ0n) is 8.90. The maximum absolute atomic E-state index is 11.1. The molecule has 2 N–H and O–H groups in total. The van der Waals surface area contributed by atoms with Crippen LogP contribution in [0.3, 0.4) is 0 Å². The molecule has 0 aromatic heterocycles. The third-order valence-corrected chi connectivity index (χ3v) is 1.88. The number of nitro benzene ring substituents is 1. The van der Waals surface area contributed by atoms with E-state index in [-0.39, 0.29) is 18.1 Å². The molecule has 6 nitrogen and oxygen atoms in total. The van der Waals surface area contributed by atoms with Crippen molar-refractivity contribution in [2.75, 3.05) is 18.4 Å². The number of carbonyl (C=O) groups is 1. The second-order valence-electron chi connectivity index (χ2n) is 3.11. The second kappa shape index (κ2) is 5.69. The first kappa shape index (κ1) is 12.0. The third kappa shape index (κ3) is 3.56. The number of amides is 1. The van der Waals surface area contributed by atoms with Crippen molar-refractivity contribution in [3.8, 4) is 0 Å². The average Bonchev–Trinajstić information content (AvgIpc) is 2.27. The number of carbonyl (C=O) groups excluding carboxylic acids is 1. The minimum atomic E-state index is -0.475. The number of benzene rings is 1. The standard InChI is InChI=1S/C10H13N3O3/c1-2-11-10(14)7-12-8-4-3-5-9(6-8)13(15)16/h3-6,12H,2,7H2,1H3,(H,11,14). The molecule has 0 heterocycles. The van der Waals surface area contributed by atoms with E-state index < -0.39 is 4.92 Å². The first-order valence-electron chi connectivity index (χ1n) is 4.88. The van der Waals surface area contributed by atoms with E-state index in [1.54, 1.807) is 12.1 Å². The molecule has 0 fully saturated rings. The van der Waals surface area contributed by atoms with E-state index in [0.717, 1.165) is 0 Å². The molecule has 1 amide bonds. The molecule has 0 saturated carbocycles. The van der Waals surface area contributed by atoms with Crippen LogP contribution in [-0.4, -0.2) is 23.9 Å². The van der Waals surface area contributed by atoms with Gasteiger partial charge in [0.05, 0.1) is 11.5 Å². The predicted octanol–water partition coefficient (Wildman–Crippen LogP) is 1.14. The molecule has 0 spiro atoms. The van der Waals surface area contributed by atoms with E-state index in [1.807, 2.05) is 6.92 Å². The van der Waals surface area contributed by atoms with Gasteiger partial charge in [0.1, 0.15) is 0 Å². The lowest BCUT2D eigenvalue weighted by atomic mass is 10.3. The highest BCUT2D eigenvalue weighted by molar-refractivity contribution is 5.80. The van der Waals surface area contributed by atoms with Crippen LogP contribution in [0.1, 0.15) is 6.92 Å². The van der Waals surface area contributed by atoms with Gasteiger partial charge in [0, 0.05) is 24.4 Å². The molecule has 86 valence electrons. The highest BCUT2D eigenvalue weighted by Gasteiger charge is 2.06. The lowest BCUT2D eigenvalue weighted by molar-refractivity contribution is -0.384. The molecule has 0 radical (unpaired) electrons. The number of nitro groups is 1. The Balaban J connectivity index is 2.57. The Morgan fingerprint density at radius 3 is 2.88 bits per heavy atom. The Labute approximate surface area is 92.8 Å². The van der Waals surface area contributed by atoms with Crippen LogP contribution in [-0.2, 0) is 4.79 Å². The first-order valence-corrected chi connectivity index (χ1v) is 4.88. The summed E-state index contributed by atoms with van der Waals surface area (Å²) >= 11 is 0. The van der Waals surface area contributed by atoms with Crippen LogP contribution in [0.2, 0.25) is 0 Å². The van der Waals surface area contributed by atoms with Crippen LogP contribution in [0.5, 0.6) is 0 Å². The Kier molecular flexibility index (Phi) is 4.26. The number of nitrogens with zero attached hydrogens (tertiary/aromatic N) is 1. The minimum absolute atomic E-state index is 0.000833. The molecule has 1 aromatic rings.